The summed E-state index contributed by atoms with van der Waals surface area (Å²) in [6.45, 7) is 0. The molecular formula is C55H34N4S. The van der Waals surface area contributed by atoms with Crippen molar-refractivity contribution in [2.24, 2.45) is 0 Å². The molecule has 0 spiro atoms. The van der Waals surface area contributed by atoms with Crippen molar-refractivity contribution in [3.05, 3.63) is 206 Å². The van der Waals surface area contributed by atoms with Gasteiger partial charge in [0.25, 0.3) is 0 Å². The van der Waals surface area contributed by atoms with Crippen LogP contribution in [0.1, 0.15) is 0 Å². The molecule has 60 heavy (non-hydrogen) atoms. The molecule has 0 amide bonds. The minimum atomic E-state index is 0.615. The summed E-state index contributed by atoms with van der Waals surface area (Å²) < 4.78 is 4.98. The molecule has 0 saturated carbocycles. The van der Waals surface area contributed by atoms with Gasteiger partial charge in [0.05, 0.1) is 16.7 Å². The third-order valence-electron chi connectivity index (χ3n) is 11.6. The minimum absolute atomic E-state index is 0.615. The molecule has 0 unspecified atom stereocenters. The maximum absolute atomic E-state index is 5.27. The number of hydrogen-bond donors (Lipinski definition) is 0. The predicted molar refractivity (Wildman–Crippen MR) is 252 cm³/mol. The highest BCUT2D eigenvalue weighted by molar-refractivity contribution is 7.25. The largest absolute Gasteiger partial charge is 0.309 e. The molecular weight excluding hydrogens is 749 g/mol. The average molecular weight is 783 g/mol. The molecule has 12 aromatic rings. The Morgan fingerprint density at radius 3 is 1.55 bits per heavy atom. The Morgan fingerprint density at radius 2 is 0.833 bits per heavy atom. The van der Waals surface area contributed by atoms with Gasteiger partial charge in [-0.3, -0.25) is 0 Å². The van der Waals surface area contributed by atoms with Gasteiger partial charge in [0, 0.05) is 53.2 Å². The summed E-state index contributed by atoms with van der Waals surface area (Å²) in [6.07, 6.45) is 0. The summed E-state index contributed by atoms with van der Waals surface area (Å²) in [5.41, 5.74) is 10.7. The molecule has 3 heterocycles. The lowest BCUT2D eigenvalue weighted by Gasteiger charge is -2.16. The number of nitrogens with zero attached hydrogens (tertiary/aromatic N) is 4. The van der Waals surface area contributed by atoms with Gasteiger partial charge in [-0.25, -0.2) is 15.0 Å². The average Bonchev–Trinajstić information content (AvgIpc) is 3.85. The molecule has 0 N–H and O–H groups in total. The van der Waals surface area contributed by atoms with E-state index in [0.29, 0.717) is 17.5 Å². The van der Waals surface area contributed by atoms with Crippen LogP contribution in [0.25, 0.3) is 115 Å². The van der Waals surface area contributed by atoms with Crippen molar-refractivity contribution in [1.29, 1.82) is 0 Å². The Labute approximate surface area is 350 Å². The standard InChI is InChI=1S/C55H34N4S/c1-3-14-35(15-4-1)43-28-26-42(33-50(43)59-48-24-11-9-22-44(48)45-23-10-12-25-49(45)59)55-57-53(36-16-5-2-6-17-36)56-54(58-55)41-21-13-20-37(30-41)40-27-29-51-46(32-40)47-31-38-18-7-8-19-39(38)34-52(47)60-51/h1-34H. The summed E-state index contributed by atoms with van der Waals surface area (Å²) >= 11 is 1.85. The molecule has 280 valence electrons. The number of benzene rings is 9. The smallest absolute Gasteiger partial charge is 0.164 e. The maximum Gasteiger partial charge on any atom is 0.164 e. The third kappa shape index (κ3) is 5.78. The van der Waals surface area contributed by atoms with Crippen LogP contribution in [0.5, 0.6) is 0 Å². The van der Waals surface area contributed by atoms with Crippen LogP contribution in [-0.2, 0) is 0 Å². The van der Waals surface area contributed by atoms with Crippen LogP contribution in [0.2, 0.25) is 0 Å². The SMILES string of the molecule is c1ccc(-c2nc(-c3cccc(-c4ccc5sc6cc7ccccc7cc6c5c4)c3)nc(-c3ccc(-c4ccccc4)c(-n4c5ccccc5c5ccccc54)c3)n2)cc1. The zero-order valence-corrected chi connectivity index (χ0v) is 33.1. The molecule has 3 aromatic heterocycles. The summed E-state index contributed by atoms with van der Waals surface area (Å²) in [4.78, 5) is 15.6. The quantitative estimate of drug-likeness (QED) is 0.169. The number of para-hydroxylation sites is 2. The van der Waals surface area contributed by atoms with Gasteiger partial charge in [-0.2, -0.15) is 0 Å². The van der Waals surface area contributed by atoms with Crippen molar-refractivity contribution in [1.82, 2.24) is 19.5 Å². The van der Waals surface area contributed by atoms with Crippen molar-refractivity contribution >= 4 is 64.1 Å². The predicted octanol–water partition coefficient (Wildman–Crippen LogP) is 14.8. The van der Waals surface area contributed by atoms with E-state index < -0.39 is 0 Å². The Balaban J connectivity index is 1.03. The second-order valence-electron chi connectivity index (χ2n) is 15.2. The van der Waals surface area contributed by atoms with Gasteiger partial charge >= 0.3 is 0 Å². The number of fused-ring (bicyclic) bond motifs is 7. The summed E-state index contributed by atoms with van der Waals surface area (Å²) in [7, 11) is 0. The Hall–Kier alpha value is -7.73. The van der Waals surface area contributed by atoms with Crippen molar-refractivity contribution in [3.8, 4) is 62.1 Å². The molecule has 4 nitrogen and oxygen atoms in total. The molecule has 0 saturated heterocycles. The van der Waals surface area contributed by atoms with Crippen LogP contribution < -0.4 is 0 Å². The molecule has 0 bridgehead atoms. The Bertz CT molecular complexity index is 3550. The lowest BCUT2D eigenvalue weighted by atomic mass is 9.99. The van der Waals surface area contributed by atoms with E-state index in [1.54, 1.807) is 0 Å². The highest BCUT2D eigenvalue weighted by Gasteiger charge is 2.19. The van der Waals surface area contributed by atoms with Crippen LogP contribution in [0.3, 0.4) is 0 Å². The lowest BCUT2D eigenvalue weighted by molar-refractivity contribution is 1.07. The Morgan fingerprint density at radius 1 is 0.317 bits per heavy atom. The zero-order chi connectivity index (χ0) is 39.6. The topological polar surface area (TPSA) is 43.6 Å². The Kier molecular flexibility index (Phi) is 8.00. The number of hydrogen-bond acceptors (Lipinski definition) is 4. The zero-order valence-electron chi connectivity index (χ0n) is 32.3. The van der Waals surface area contributed by atoms with Gasteiger partial charge in [-0.15, -0.1) is 11.3 Å². The molecule has 0 atom stereocenters. The number of thiophene rings is 1. The van der Waals surface area contributed by atoms with Crippen LogP contribution >= 0.6 is 11.3 Å². The molecule has 0 radical (unpaired) electrons. The van der Waals surface area contributed by atoms with Crippen molar-refractivity contribution in [3.63, 3.8) is 0 Å². The van der Waals surface area contributed by atoms with Gasteiger partial charge in [0.2, 0.25) is 0 Å². The van der Waals surface area contributed by atoms with Gasteiger partial charge in [0.1, 0.15) is 0 Å². The second kappa shape index (κ2) is 14.0. The van der Waals surface area contributed by atoms with E-state index in [4.69, 9.17) is 15.0 Å². The molecule has 0 aliphatic carbocycles. The van der Waals surface area contributed by atoms with Gasteiger partial charge in [-0.05, 0) is 76.0 Å². The molecule has 0 fully saturated rings. The van der Waals surface area contributed by atoms with E-state index >= 15 is 0 Å². The van der Waals surface area contributed by atoms with E-state index in [9.17, 15) is 0 Å². The fraction of sp³-hybridized carbons (Fsp3) is 0. The van der Waals surface area contributed by atoms with Crippen molar-refractivity contribution in [2.45, 2.75) is 0 Å². The molecule has 12 rings (SSSR count). The van der Waals surface area contributed by atoms with Crippen LogP contribution in [-0.4, -0.2) is 19.5 Å². The van der Waals surface area contributed by atoms with Crippen molar-refractivity contribution in [2.75, 3.05) is 0 Å². The molecule has 5 heteroatoms. The first-order chi connectivity index (χ1) is 29.7. The fourth-order valence-electron chi connectivity index (χ4n) is 8.73. The third-order valence-corrected chi connectivity index (χ3v) is 12.8. The fourth-order valence-corrected chi connectivity index (χ4v) is 9.85. The number of aromatic nitrogens is 4. The van der Waals surface area contributed by atoms with Gasteiger partial charge in [-0.1, -0.05) is 158 Å². The molecule has 9 aromatic carbocycles. The first-order valence-electron chi connectivity index (χ1n) is 20.2. The van der Waals surface area contributed by atoms with Crippen molar-refractivity contribution < 1.29 is 0 Å². The monoisotopic (exact) mass is 782 g/mol. The molecule has 0 aliphatic rings. The highest BCUT2D eigenvalue weighted by atomic mass is 32.1. The van der Waals surface area contributed by atoms with Crippen LogP contribution in [0.15, 0.2) is 206 Å². The molecule has 0 aliphatic heterocycles. The normalized spacial score (nSPS) is 11.7. The first kappa shape index (κ1) is 34.3. The second-order valence-corrected chi connectivity index (χ2v) is 16.3. The van der Waals surface area contributed by atoms with Crippen LogP contribution in [0.4, 0.5) is 0 Å². The lowest BCUT2D eigenvalue weighted by Crippen LogP contribution is -2.02. The summed E-state index contributed by atoms with van der Waals surface area (Å²) in [5.74, 6) is 1.87. The highest BCUT2D eigenvalue weighted by Crippen LogP contribution is 2.41. The summed E-state index contributed by atoms with van der Waals surface area (Å²) in [5, 5.41) is 7.52. The maximum atomic E-state index is 5.27. The van der Waals surface area contributed by atoms with E-state index in [0.717, 1.165) is 55.7 Å². The van der Waals surface area contributed by atoms with Gasteiger partial charge < -0.3 is 4.57 Å². The van der Waals surface area contributed by atoms with E-state index in [1.807, 2.05) is 29.5 Å². The van der Waals surface area contributed by atoms with E-state index in [-0.39, 0.29) is 0 Å². The van der Waals surface area contributed by atoms with Gasteiger partial charge in [0.15, 0.2) is 17.5 Å². The van der Waals surface area contributed by atoms with Crippen LogP contribution in [0, 0.1) is 0 Å². The van der Waals surface area contributed by atoms with E-state index in [2.05, 4.69) is 193 Å². The minimum Gasteiger partial charge on any atom is -0.309 e. The number of rotatable bonds is 6. The summed E-state index contributed by atoms with van der Waals surface area (Å²) in [6, 6.07) is 73.4. The van der Waals surface area contributed by atoms with E-state index in [1.165, 1.54) is 41.7 Å². The first-order valence-corrected chi connectivity index (χ1v) is 21.0.